The van der Waals surface area contributed by atoms with Crippen LogP contribution in [0.25, 0.3) is 22.5 Å². The van der Waals surface area contributed by atoms with Gasteiger partial charge in [-0.25, -0.2) is 14.4 Å². The van der Waals surface area contributed by atoms with Crippen molar-refractivity contribution in [3.05, 3.63) is 59.3 Å². The first-order valence-electron chi connectivity index (χ1n) is 10.7. The van der Waals surface area contributed by atoms with Gasteiger partial charge < -0.3 is 10.2 Å². The smallest absolute Gasteiger partial charge is 0.219 e. The van der Waals surface area contributed by atoms with Crippen molar-refractivity contribution >= 4 is 23.3 Å². The molecule has 1 amide bonds. The summed E-state index contributed by atoms with van der Waals surface area (Å²) in [6.07, 6.45) is 6.99. The fourth-order valence-corrected chi connectivity index (χ4v) is 4.09. The number of carbonyl (C=O) groups is 1. The lowest BCUT2D eigenvalue weighted by Gasteiger charge is -2.33. The minimum Gasteiger partial charge on any atom is -0.355 e. The Bertz CT molecular complexity index is 1130. The number of aromatic nitrogens is 3. The Morgan fingerprint density at radius 1 is 1.19 bits per heavy atom. The molecule has 0 atom stereocenters. The van der Waals surface area contributed by atoms with Gasteiger partial charge in [-0.05, 0) is 43.5 Å². The van der Waals surface area contributed by atoms with E-state index in [4.69, 9.17) is 16.6 Å². The van der Waals surface area contributed by atoms with Crippen LogP contribution in [0.15, 0.2) is 42.9 Å². The second-order valence-electron chi connectivity index (χ2n) is 7.95. The van der Waals surface area contributed by atoms with Crippen LogP contribution in [0, 0.1) is 12.7 Å². The molecule has 1 fully saturated rings. The first-order valence-corrected chi connectivity index (χ1v) is 11.1. The Morgan fingerprint density at radius 3 is 2.66 bits per heavy atom. The number of amides is 1. The van der Waals surface area contributed by atoms with Gasteiger partial charge in [0, 0.05) is 49.1 Å². The average molecular weight is 454 g/mol. The molecule has 3 aromatic rings. The third-order valence-corrected chi connectivity index (χ3v) is 5.97. The van der Waals surface area contributed by atoms with Crippen molar-refractivity contribution in [3.63, 3.8) is 0 Å². The van der Waals surface area contributed by atoms with Gasteiger partial charge in [0.2, 0.25) is 5.91 Å². The molecule has 0 bridgehead atoms. The molecular formula is C24H25ClFN5O. The molecule has 0 radical (unpaired) electrons. The van der Waals surface area contributed by atoms with E-state index in [1.54, 1.807) is 30.7 Å². The molecule has 2 aromatic heterocycles. The summed E-state index contributed by atoms with van der Waals surface area (Å²) >= 11 is 6.42. The molecule has 1 aliphatic heterocycles. The van der Waals surface area contributed by atoms with Crippen LogP contribution in [0.1, 0.15) is 31.7 Å². The predicted octanol–water partition coefficient (Wildman–Crippen LogP) is 4.80. The Hall–Kier alpha value is -3.06. The predicted molar refractivity (Wildman–Crippen MR) is 124 cm³/mol. The number of aryl methyl sites for hydroxylation is 1. The van der Waals surface area contributed by atoms with E-state index >= 15 is 0 Å². The van der Waals surface area contributed by atoms with Gasteiger partial charge in [-0.15, -0.1) is 0 Å². The number of rotatable bonds is 5. The zero-order valence-electron chi connectivity index (χ0n) is 18.1. The van der Waals surface area contributed by atoms with Crippen molar-refractivity contribution < 1.29 is 9.18 Å². The van der Waals surface area contributed by atoms with E-state index in [0.29, 0.717) is 39.8 Å². The summed E-state index contributed by atoms with van der Waals surface area (Å²) in [6, 6.07) is 6.98. The van der Waals surface area contributed by atoms with Crippen LogP contribution >= 0.6 is 11.6 Å². The second kappa shape index (κ2) is 9.61. The highest BCUT2D eigenvalue weighted by Gasteiger charge is 2.24. The van der Waals surface area contributed by atoms with Crippen molar-refractivity contribution in [2.45, 2.75) is 39.2 Å². The first kappa shape index (κ1) is 22.1. The van der Waals surface area contributed by atoms with Gasteiger partial charge in [-0.2, -0.15) is 0 Å². The molecule has 6 nitrogen and oxygen atoms in total. The number of halogens is 2. The van der Waals surface area contributed by atoms with Gasteiger partial charge in [-0.1, -0.05) is 24.6 Å². The molecule has 0 saturated carbocycles. The Kier molecular flexibility index (Phi) is 6.65. The first-order chi connectivity index (χ1) is 15.5. The van der Waals surface area contributed by atoms with Gasteiger partial charge in [0.1, 0.15) is 17.3 Å². The summed E-state index contributed by atoms with van der Waals surface area (Å²) in [6.45, 7) is 5.18. The number of benzene rings is 1. The summed E-state index contributed by atoms with van der Waals surface area (Å²) in [4.78, 5) is 27.4. The lowest BCUT2D eigenvalue weighted by Crippen LogP contribution is -2.44. The maximum Gasteiger partial charge on any atom is 0.219 e. The lowest BCUT2D eigenvalue weighted by atomic mass is 10.0. The maximum absolute atomic E-state index is 14.8. The van der Waals surface area contributed by atoms with Crippen LogP contribution in [-0.2, 0) is 4.79 Å². The number of piperidine rings is 1. The highest BCUT2D eigenvalue weighted by Crippen LogP contribution is 2.35. The van der Waals surface area contributed by atoms with E-state index in [0.717, 1.165) is 31.5 Å². The molecule has 4 rings (SSSR count). The molecule has 8 heteroatoms. The van der Waals surface area contributed by atoms with Crippen molar-refractivity contribution in [3.8, 4) is 22.5 Å². The van der Waals surface area contributed by atoms with Gasteiger partial charge in [-0.3, -0.25) is 9.78 Å². The average Bonchev–Trinajstić information content (AvgIpc) is 2.80. The van der Waals surface area contributed by atoms with E-state index in [-0.39, 0.29) is 17.8 Å². The summed E-state index contributed by atoms with van der Waals surface area (Å²) < 4.78 is 14.8. The van der Waals surface area contributed by atoms with E-state index < -0.39 is 0 Å². The van der Waals surface area contributed by atoms with Gasteiger partial charge in [0.15, 0.2) is 0 Å². The zero-order chi connectivity index (χ0) is 22.7. The number of anilines is 1. The number of hydrogen-bond acceptors (Lipinski definition) is 5. The minimum absolute atomic E-state index is 0.0716. The molecule has 1 N–H and O–H groups in total. The summed E-state index contributed by atoms with van der Waals surface area (Å²) in [5.41, 5.74) is 2.80. The Labute approximate surface area is 191 Å². The fraction of sp³-hybridized carbons (Fsp3) is 0.333. The lowest BCUT2D eigenvalue weighted by molar-refractivity contribution is -0.121. The largest absolute Gasteiger partial charge is 0.355 e. The van der Waals surface area contributed by atoms with Crippen LogP contribution in [0.5, 0.6) is 0 Å². The fourth-order valence-electron chi connectivity index (χ4n) is 3.88. The topological polar surface area (TPSA) is 71.0 Å². The number of carbonyl (C=O) groups excluding carboxylic acids is 1. The van der Waals surface area contributed by atoms with Gasteiger partial charge in [0.25, 0.3) is 0 Å². The minimum atomic E-state index is -0.356. The summed E-state index contributed by atoms with van der Waals surface area (Å²) in [5.74, 6) is 0.415. The van der Waals surface area contributed by atoms with Crippen molar-refractivity contribution in [2.24, 2.45) is 0 Å². The molecule has 0 unspecified atom stereocenters. The van der Waals surface area contributed by atoms with Crippen molar-refractivity contribution in [1.29, 1.82) is 0 Å². The Morgan fingerprint density at radius 2 is 1.97 bits per heavy atom. The molecule has 0 aliphatic carbocycles. The van der Waals surface area contributed by atoms with Gasteiger partial charge in [0.05, 0.1) is 16.9 Å². The molecule has 1 aliphatic rings. The van der Waals surface area contributed by atoms with Crippen molar-refractivity contribution in [2.75, 3.05) is 18.0 Å². The van der Waals surface area contributed by atoms with Crippen molar-refractivity contribution in [1.82, 2.24) is 20.3 Å². The number of nitrogens with zero attached hydrogens (tertiary/aromatic N) is 4. The van der Waals surface area contributed by atoms with Crippen LogP contribution in [0.4, 0.5) is 10.2 Å². The third-order valence-electron chi connectivity index (χ3n) is 5.67. The molecule has 32 heavy (non-hydrogen) atoms. The highest BCUT2D eigenvalue weighted by atomic mass is 35.5. The zero-order valence-corrected chi connectivity index (χ0v) is 18.9. The third kappa shape index (κ3) is 4.72. The van der Waals surface area contributed by atoms with E-state index in [1.807, 2.05) is 19.9 Å². The monoisotopic (exact) mass is 453 g/mol. The molecule has 3 heterocycles. The molecule has 1 aromatic carbocycles. The van der Waals surface area contributed by atoms with E-state index in [2.05, 4.69) is 20.2 Å². The number of hydrogen-bond donors (Lipinski definition) is 1. The van der Waals surface area contributed by atoms with E-state index in [1.165, 1.54) is 6.07 Å². The van der Waals surface area contributed by atoms with Crippen LogP contribution < -0.4 is 10.2 Å². The SMILES string of the molecule is CCC(=O)NC1CCN(c2cnc(-c3ccc(C)cc3F)c(-c3ccncc3Cl)n2)CC1. The van der Waals surface area contributed by atoms with Crippen LogP contribution in [0.2, 0.25) is 5.02 Å². The van der Waals surface area contributed by atoms with E-state index in [9.17, 15) is 9.18 Å². The Balaban J connectivity index is 1.69. The summed E-state index contributed by atoms with van der Waals surface area (Å²) in [7, 11) is 0. The molecular weight excluding hydrogens is 429 g/mol. The summed E-state index contributed by atoms with van der Waals surface area (Å²) in [5, 5.41) is 3.48. The number of nitrogens with one attached hydrogen (secondary N) is 1. The van der Waals surface area contributed by atoms with Crippen LogP contribution in [0.3, 0.4) is 0 Å². The highest BCUT2D eigenvalue weighted by molar-refractivity contribution is 6.33. The quantitative estimate of drug-likeness (QED) is 0.600. The molecule has 0 spiro atoms. The van der Waals surface area contributed by atoms with Crippen LogP contribution in [-0.4, -0.2) is 40.0 Å². The van der Waals surface area contributed by atoms with Gasteiger partial charge >= 0.3 is 0 Å². The molecule has 166 valence electrons. The number of pyridine rings is 1. The second-order valence-corrected chi connectivity index (χ2v) is 8.35. The normalized spacial score (nSPS) is 14.4. The maximum atomic E-state index is 14.8. The standard InChI is InChI=1S/C24H25ClFN5O/c1-3-22(32)29-16-7-10-31(11-8-16)21-14-28-23(18-5-4-15(2)12-20(18)26)24(30-21)17-6-9-27-13-19(17)25/h4-6,9,12-14,16H,3,7-8,10-11H2,1-2H3,(H,29,32). The molecule has 1 saturated heterocycles.